The van der Waals surface area contributed by atoms with Gasteiger partial charge in [0.25, 0.3) is 0 Å². The van der Waals surface area contributed by atoms with Gasteiger partial charge in [0, 0.05) is 16.5 Å². The fourth-order valence-electron chi connectivity index (χ4n) is 1.95. The van der Waals surface area contributed by atoms with E-state index < -0.39 is 5.82 Å². The Morgan fingerprint density at radius 3 is 2.60 bits per heavy atom. The predicted molar refractivity (Wildman–Crippen MR) is 79.9 cm³/mol. The summed E-state index contributed by atoms with van der Waals surface area (Å²) in [7, 11) is 1.41. The van der Waals surface area contributed by atoms with Gasteiger partial charge in [0.05, 0.1) is 7.11 Å². The molecule has 2 nitrogen and oxygen atoms in total. The molecule has 20 heavy (non-hydrogen) atoms. The van der Waals surface area contributed by atoms with Gasteiger partial charge in [0.1, 0.15) is 0 Å². The van der Waals surface area contributed by atoms with Crippen LogP contribution in [0.4, 0.5) is 4.39 Å². The van der Waals surface area contributed by atoms with E-state index in [0.717, 1.165) is 10.0 Å². The smallest absolute Gasteiger partial charge is 0.168 e. The Hall–Kier alpha value is -1.68. The van der Waals surface area contributed by atoms with Crippen molar-refractivity contribution in [2.45, 2.75) is 13.3 Å². The lowest BCUT2D eigenvalue weighted by atomic mass is 10.0. The minimum absolute atomic E-state index is 0.0542. The number of halogens is 2. The van der Waals surface area contributed by atoms with E-state index in [1.807, 2.05) is 19.1 Å². The standard InChI is InChI=1S/C16H14BrFO2/c1-10-3-5-12(13(17)7-10)15(19)9-11-4-6-16(20-2)14(18)8-11/h3-8H,9H2,1-2H3. The highest BCUT2D eigenvalue weighted by Crippen LogP contribution is 2.22. The van der Waals surface area contributed by atoms with Crippen molar-refractivity contribution in [1.82, 2.24) is 0 Å². The summed E-state index contributed by atoms with van der Waals surface area (Å²) in [6.07, 6.45) is 0.155. The molecule has 0 radical (unpaired) electrons. The van der Waals surface area contributed by atoms with Gasteiger partial charge in [0.15, 0.2) is 17.3 Å². The molecule has 0 saturated heterocycles. The van der Waals surface area contributed by atoms with E-state index in [2.05, 4.69) is 15.9 Å². The summed E-state index contributed by atoms with van der Waals surface area (Å²) >= 11 is 3.38. The lowest BCUT2D eigenvalue weighted by molar-refractivity contribution is 0.0992. The van der Waals surface area contributed by atoms with Gasteiger partial charge in [-0.3, -0.25) is 4.79 Å². The zero-order valence-electron chi connectivity index (χ0n) is 11.2. The highest BCUT2D eigenvalue weighted by atomic mass is 79.9. The van der Waals surface area contributed by atoms with Crippen LogP contribution < -0.4 is 4.74 Å². The second-order valence-corrected chi connectivity index (χ2v) is 5.41. The molecule has 0 aromatic heterocycles. The maximum Gasteiger partial charge on any atom is 0.168 e. The minimum atomic E-state index is -0.458. The van der Waals surface area contributed by atoms with Crippen LogP contribution in [-0.4, -0.2) is 12.9 Å². The van der Waals surface area contributed by atoms with Crippen molar-refractivity contribution in [2.75, 3.05) is 7.11 Å². The average Bonchev–Trinajstić information content (AvgIpc) is 2.38. The van der Waals surface area contributed by atoms with Crippen LogP contribution in [0.3, 0.4) is 0 Å². The summed E-state index contributed by atoms with van der Waals surface area (Å²) in [5.41, 5.74) is 2.30. The van der Waals surface area contributed by atoms with Crippen LogP contribution in [-0.2, 0) is 6.42 Å². The van der Waals surface area contributed by atoms with E-state index in [4.69, 9.17) is 4.74 Å². The van der Waals surface area contributed by atoms with Gasteiger partial charge in [-0.15, -0.1) is 0 Å². The van der Waals surface area contributed by atoms with Crippen LogP contribution in [0.25, 0.3) is 0 Å². The molecule has 0 atom stereocenters. The Kier molecular flexibility index (Phi) is 4.55. The van der Waals surface area contributed by atoms with E-state index in [1.165, 1.54) is 19.2 Å². The topological polar surface area (TPSA) is 26.3 Å². The van der Waals surface area contributed by atoms with Gasteiger partial charge in [0.2, 0.25) is 0 Å². The third-order valence-corrected chi connectivity index (χ3v) is 3.66. The molecule has 0 heterocycles. The lowest BCUT2D eigenvalue weighted by Gasteiger charge is -2.07. The molecule has 0 aliphatic rings. The number of ketones is 1. The zero-order valence-corrected chi connectivity index (χ0v) is 12.8. The van der Waals surface area contributed by atoms with Gasteiger partial charge in [-0.05, 0) is 42.3 Å². The van der Waals surface area contributed by atoms with Gasteiger partial charge < -0.3 is 4.74 Å². The summed E-state index contributed by atoms with van der Waals surface area (Å²) in [6, 6.07) is 10.1. The summed E-state index contributed by atoms with van der Waals surface area (Å²) in [5.74, 6) is -0.333. The maximum atomic E-state index is 13.6. The zero-order chi connectivity index (χ0) is 14.7. The number of hydrogen-bond acceptors (Lipinski definition) is 2. The summed E-state index contributed by atoms with van der Waals surface area (Å²) in [6.45, 7) is 1.96. The van der Waals surface area contributed by atoms with E-state index >= 15 is 0 Å². The fourth-order valence-corrected chi connectivity index (χ4v) is 2.66. The average molecular weight is 337 g/mol. The monoisotopic (exact) mass is 336 g/mol. The van der Waals surface area contributed by atoms with Crippen LogP contribution in [0.1, 0.15) is 21.5 Å². The molecule has 4 heteroatoms. The van der Waals surface area contributed by atoms with Crippen LogP contribution >= 0.6 is 15.9 Å². The first kappa shape index (κ1) is 14.7. The van der Waals surface area contributed by atoms with E-state index in [-0.39, 0.29) is 18.0 Å². The first-order valence-corrected chi connectivity index (χ1v) is 6.92. The Bertz CT molecular complexity index is 653. The van der Waals surface area contributed by atoms with Gasteiger partial charge in [-0.1, -0.05) is 28.1 Å². The second kappa shape index (κ2) is 6.18. The number of carbonyl (C=O) groups is 1. The normalized spacial score (nSPS) is 10.4. The number of ether oxygens (including phenoxy) is 1. The molecule has 104 valence electrons. The van der Waals surface area contributed by atoms with Crippen molar-refractivity contribution >= 4 is 21.7 Å². The van der Waals surface area contributed by atoms with Crippen molar-refractivity contribution in [3.05, 3.63) is 63.4 Å². The van der Waals surface area contributed by atoms with Crippen molar-refractivity contribution in [2.24, 2.45) is 0 Å². The van der Waals surface area contributed by atoms with Crippen molar-refractivity contribution in [3.8, 4) is 5.75 Å². The van der Waals surface area contributed by atoms with E-state index in [9.17, 15) is 9.18 Å². The number of rotatable bonds is 4. The van der Waals surface area contributed by atoms with Crippen molar-refractivity contribution in [1.29, 1.82) is 0 Å². The van der Waals surface area contributed by atoms with Crippen LogP contribution in [0.15, 0.2) is 40.9 Å². The van der Waals surface area contributed by atoms with E-state index in [1.54, 1.807) is 12.1 Å². The predicted octanol–water partition coefficient (Wildman–Crippen LogP) is 4.33. The van der Waals surface area contributed by atoms with Crippen molar-refractivity contribution < 1.29 is 13.9 Å². The van der Waals surface area contributed by atoms with Crippen molar-refractivity contribution in [3.63, 3.8) is 0 Å². The molecule has 0 spiro atoms. The molecule has 0 aliphatic carbocycles. The fraction of sp³-hybridized carbons (Fsp3) is 0.188. The number of benzene rings is 2. The molecule has 2 aromatic carbocycles. The molecule has 2 rings (SSSR count). The Morgan fingerprint density at radius 2 is 2.00 bits per heavy atom. The molecule has 2 aromatic rings. The van der Waals surface area contributed by atoms with Crippen LogP contribution in [0.5, 0.6) is 5.75 Å². The lowest BCUT2D eigenvalue weighted by Crippen LogP contribution is -2.05. The molecular weight excluding hydrogens is 323 g/mol. The second-order valence-electron chi connectivity index (χ2n) is 4.55. The molecule has 0 aliphatic heterocycles. The highest BCUT2D eigenvalue weighted by molar-refractivity contribution is 9.10. The molecule has 0 N–H and O–H groups in total. The SMILES string of the molecule is COc1ccc(CC(=O)c2ccc(C)cc2Br)cc1F. The van der Waals surface area contributed by atoms with Gasteiger partial charge in [-0.2, -0.15) is 0 Å². The molecule has 0 unspecified atom stereocenters. The number of aryl methyl sites for hydroxylation is 1. The number of hydrogen-bond donors (Lipinski definition) is 0. The molecule has 0 bridgehead atoms. The van der Waals surface area contributed by atoms with Gasteiger partial charge >= 0.3 is 0 Å². The molecule has 0 saturated carbocycles. The van der Waals surface area contributed by atoms with Crippen LogP contribution in [0.2, 0.25) is 0 Å². The number of carbonyl (C=O) groups excluding carboxylic acids is 1. The summed E-state index contributed by atoms with van der Waals surface area (Å²) in [4.78, 5) is 12.2. The Morgan fingerprint density at radius 1 is 1.25 bits per heavy atom. The largest absolute Gasteiger partial charge is 0.494 e. The maximum absolute atomic E-state index is 13.6. The van der Waals surface area contributed by atoms with E-state index in [0.29, 0.717) is 11.1 Å². The Labute approximate surface area is 125 Å². The number of methoxy groups -OCH3 is 1. The van der Waals surface area contributed by atoms with Gasteiger partial charge in [-0.25, -0.2) is 4.39 Å². The quantitative estimate of drug-likeness (QED) is 0.776. The summed E-state index contributed by atoms with van der Waals surface area (Å²) in [5, 5.41) is 0. The minimum Gasteiger partial charge on any atom is -0.494 e. The summed E-state index contributed by atoms with van der Waals surface area (Å²) < 4.78 is 19.2. The third kappa shape index (κ3) is 3.25. The molecular formula is C16H14BrFO2. The van der Waals surface area contributed by atoms with Crippen LogP contribution in [0, 0.1) is 12.7 Å². The first-order chi connectivity index (χ1) is 9.51. The first-order valence-electron chi connectivity index (χ1n) is 6.13. The molecule has 0 amide bonds. The Balaban J connectivity index is 2.21. The highest BCUT2D eigenvalue weighted by Gasteiger charge is 2.12. The number of Topliss-reactive ketones (excluding diaryl/α,β-unsaturated/α-hetero) is 1. The molecule has 0 fully saturated rings. The third-order valence-electron chi connectivity index (χ3n) is 3.01.